The van der Waals surface area contributed by atoms with E-state index in [2.05, 4.69) is 5.32 Å². The second-order valence-electron chi connectivity index (χ2n) is 4.68. The number of rotatable bonds is 6. The molecule has 0 aliphatic carbocycles. The molecular formula is C17H15ClFNO4. The van der Waals surface area contributed by atoms with Crippen molar-refractivity contribution in [2.24, 2.45) is 0 Å². The Morgan fingerprint density at radius 1 is 1.17 bits per heavy atom. The Kier molecular flexibility index (Phi) is 6.14. The molecule has 2 aromatic rings. The number of anilines is 1. The highest BCUT2D eigenvalue weighted by molar-refractivity contribution is 6.33. The molecule has 0 atom stereocenters. The molecule has 126 valence electrons. The molecule has 2 aromatic carbocycles. The summed E-state index contributed by atoms with van der Waals surface area (Å²) < 4.78 is 23.6. The number of carbonyl (C=O) groups excluding carboxylic acids is 2. The average molecular weight is 352 g/mol. The predicted molar refractivity (Wildman–Crippen MR) is 87.9 cm³/mol. The first-order valence-corrected chi connectivity index (χ1v) is 7.53. The van der Waals surface area contributed by atoms with Crippen LogP contribution in [0.15, 0.2) is 42.5 Å². The van der Waals surface area contributed by atoms with Gasteiger partial charge in [0.1, 0.15) is 17.1 Å². The third kappa shape index (κ3) is 4.70. The van der Waals surface area contributed by atoms with Crippen molar-refractivity contribution in [3.05, 3.63) is 58.9 Å². The van der Waals surface area contributed by atoms with Gasteiger partial charge in [0.2, 0.25) is 0 Å². The molecule has 0 saturated heterocycles. The van der Waals surface area contributed by atoms with Crippen molar-refractivity contribution in [1.82, 2.24) is 0 Å². The Hall–Kier alpha value is -2.60. The standard InChI is InChI=1S/C17H15ClFNO4/c1-2-23-12-8-6-11(7-9-12)20-15(21)10-24-17(22)16-13(18)4-3-5-14(16)19/h3-9H,2,10H2,1H3,(H,20,21). The maximum Gasteiger partial charge on any atom is 0.343 e. The molecule has 0 aliphatic heterocycles. The highest BCUT2D eigenvalue weighted by Crippen LogP contribution is 2.20. The molecule has 0 saturated carbocycles. The van der Waals surface area contributed by atoms with Gasteiger partial charge in [-0.2, -0.15) is 0 Å². The number of hydrogen-bond donors (Lipinski definition) is 1. The van der Waals surface area contributed by atoms with E-state index in [-0.39, 0.29) is 5.02 Å². The van der Waals surface area contributed by atoms with E-state index >= 15 is 0 Å². The molecule has 0 radical (unpaired) electrons. The number of carbonyl (C=O) groups is 2. The fourth-order valence-electron chi connectivity index (χ4n) is 1.89. The summed E-state index contributed by atoms with van der Waals surface area (Å²) in [4.78, 5) is 23.6. The average Bonchev–Trinajstić information content (AvgIpc) is 2.55. The molecule has 0 bridgehead atoms. The Morgan fingerprint density at radius 3 is 2.50 bits per heavy atom. The number of ether oxygens (including phenoxy) is 2. The Labute approximate surface area is 143 Å². The van der Waals surface area contributed by atoms with Crippen molar-refractivity contribution in [2.45, 2.75) is 6.92 Å². The summed E-state index contributed by atoms with van der Waals surface area (Å²) in [6, 6.07) is 10.5. The van der Waals surface area contributed by atoms with Crippen LogP contribution in [0.2, 0.25) is 5.02 Å². The lowest BCUT2D eigenvalue weighted by molar-refractivity contribution is -0.119. The maximum atomic E-state index is 13.6. The lowest BCUT2D eigenvalue weighted by Crippen LogP contribution is -2.21. The molecule has 0 aromatic heterocycles. The van der Waals surface area contributed by atoms with E-state index in [0.717, 1.165) is 6.07 Å². The topological polar surface area (TPSA) is 64.6 Å². The van der Waals surface area contributed by atoms with E-state index in [1.54, 1.807) is 24.3 Å². The van der Waals surface area contributed by atoms with E-state index in [1.165, 1.54) is 12.1 Å². The van der Waals surface area contributed by atoms with Gasteiger partial charge >= 0.3 is 5.97 Å². The highest BCUT2D eigenvalue weighted by Gasteiger charge is 2.18. The van der Waals surface area contributed by atoms with Gasteiger partial charge in [0.15, 0.2) is 6.61 Å². The Balaban J connectivity index is 1.90. The number of halogens is 2. The summed E-state index contributed by atoms with van der Waals surface area (Å²) in [5.41, 5.74) is 0.122. The minimum absolute atomic E-state index is 0.0769. The largest absolute Gasteiger partial charge is 0.494 e. The quantitative estimate of drug-likeness (QED) is 0.806. The summed E-state index contributed by atoms with van der Waals surface area (Å²) in [6.45, 7) is 1.85. The van der Waals surface area contributed by atoms with Crippen molar-refractivity contribution < 1.29 is 23.5 Å². The summed E-state index contributed by atoms with van der Waals surface area (Å²) in [6.07, 6.45) is 0. The van der Waals surface area contributed by atoms with Crippen LogP contribution in [0.3, 0.4) is 0 Å². The lowest BCUT2D eigenvalue weighted by atomic mass is 10.2. The minimum Gasteiger partial charge on any atom is -0.494 e. The number of amides is 1. The van der Waals surface area contributed by atoms with Crippen molar-refractivity contribution in [3.8, 4) is 5.75 Å². The molecular weight excluding hydrogens is 337 g/mol. The number of benzene rings is 2. The predicted octanol–water partition coefficient (Wildman–Crippen LogP) is 3.67. The number of hydrogen-bond acceptors (Lipinski definition) is 4. The van der Waals surface area contributed by atoms with E-state index in [1.807, 2.05) is 6.92 Å². The van der Waals surface area contributed by atoms with Crippen LogP contribution in [0.25, 0.3) is 0 Å². The monoisotopic (exact) mass is 351 g/mol. The first-order chi connectivity index (χ1) is 11.5. The summed E-state index contributed by atoms with van der Waals surface area (Å²) in [5, 5.41) is 2.47. The Bertz CT molecular complexity index is 714. The summed E-state index contributed by atoms with van der Waals surface area (Å²) >= 11 is 5.76. The molecule has 2 rings (SSSR count). The van der Waals surface area contributed by atoms with Gasteiger partial charge in [0, 0.05) is 5.69 Å². The number of esters is 1. The van der Waals surface area contributed by atoms with Crippen molar-refractivity contribution >= 4 is 29.2 Å². The molecule has 1 amide bonds. The van der Waals surface area contributed by atoms with Crippen molar-refractivity contribution in [1.29, 1.82) is 0 Å². The molecule has 7 heteroatoms. The van der Waals surface area contributed by atoms with Crippen molar-refractivity contribution in [2.75, 3.05) is 18.5 Å². The van der Waals surface area contributed by atoms with Crippen LogP contribution in [-0.4, -0.2) is 25.1 Å². The van der Waals surface area contributed by atoms with Crippen LogP contribution < -0.4 is 10.1 Å². The van der Waals surface area contributed by atoms with E-state index in [4.69, 9.17) is 21.1 Å². The normalized spacial score (nSPS) is 10.1. The molecule has 1 N–H and O–H groups in total. The van der Waals surface area contributed by atoms with Gasteiger partial charge in [-0.25, -0.2) is 9.18 Å². The molecule has 5 nitrogen and oxygen atoms in total. The van der Waals surface area contributed by atoms with Gasteiger partial charge < -0.3 is 14.8 Å². The molecule has 0 unspecified atom stereocenters. The van der Waals surface area contributed by atoms with E-state index in [0.29, 0.717) is 18.0 Å². The van der Waals surface area contributed by atoms with Gasteiger partial charge in [0.05, 0.1) is 11.6 Å². The fraction of sp³-hybridized carbons (Fsp3) is 0.176. The van der Waals surface area contributed by atoms with Crippen LogP contribution in [0.4, 0.5) is 10.1 Å². The highest BCUT2D eigenvalue weighted by atomic mass is 35.5. The second kappa shape index (κ2) is 8.31. The van der Waals surface area contributed by atoms with E-state index in [9.17, 15) is 14.0 Å². The number of nitrogens with one attached hydrogen (secondary N) is 1. The molecule has 0 heterocycles. The third-order valence-electron chi connectivity index (χ3n) is 2.95. The molecule has 0 fully saturated rings. The zero-order valence-corrected chi connectivity index (χ0v) is 13.6. The summed E-state index contributed by atoms with van der Waals surface area (Å²) in [7, 11) is 0. The van der Waals surface area contributed by atoms with Crippen LogP contribution >= 0.6 is 11.6 Å². The van der Waals surface area contributed by atoms with Gasteiger partial charge in [0.25, 0.3) is 5.91 Å². The molecule has 0 aliphatic rings. The van der Waals surface area contributed by atoms with Crippen LogP contribution in [0, 0.1) is 5.82 Å². The second-order valence-corrected chi connectivity index (χ2v) is 5.09. The van der Waals surface area contributed by atoms with E-state index < -0.39 is 29.9 Å². The maximum absolute atomic E-state index is 13.6. The smallest absolute Gasteiger partial charge is 0.343 e. The summed E-state index contributed by atoms with van der Waals surface area (Å²) in [5.74, 6) is -1.68. The van der Waals surface area contributed by atoms with Gasteiger partial charge in [-0.1, -0.05) is 17.7 Å². The third-order valence-corrected chi connectivity index (χ3v) is 3.27. The zero-order valence-electron chi connectivity index (χ0n) is 12.8. The minimum atomic E-state index is -1.00. The Morgan fingerprint density at radius 2 is 1.88 bits per heavy atom. The lowest BCUT2D eigenvalue weighted by Gasteiger charge is -2.09. The van der Waals surface area contributed by atoms with Crippen LogP contribution in [0.1, 0.15) is 17.3 Å². The van der Waals surface area contributed by atoms with Gasteiger partial charge in [-0.15, -0.1) is 0 Å². The molecule has 24 heavy (non-hydrogen) atoms. The zero-order chi connectivity index (χ0) is 17.5. The first-order valence-electron chi connectivity index (χ1n) is 7.15. The van der Waals surface area contributed by atoms with Crippen LogP contribution in [-0.2, 0) is 9.53 Å². The molecule has 0 spiro atoms. The van der Waals surface area contributed by atoms with Crippen molar-refractivity contribution in [3.63, 3.8) is 0 Å². The van der Waals surface area contributed by atoms with Gasteiger partial charge in [-0.05, 0) is 43.3 Å². The van der Waals surface area contributed by atoms with Crippen LogP contribution in [0.5, 0.6) is 5.75 Å². The SMILES string of the molecule is CCOc1ccc(NC(=O)COC(=O)c2c(F)cccc2Cl)cc1. The van der Waals surface area contributed by atoms with Gasteiger partial charge in [-0.3, -0.25) is 4.79 Å². The fourth-order valence-corrected chi connectivity index (χ4v) is 2.13. The first kappa shape index (κ1) is 17.7.